The second-order valence-corrected chi connectivity index (χ2v) is 7.67. The van der Waals surface area contributed by atoms with Crippen LogP contribution in [0.25, 0.3) is 0 Å². The molecule has 0 aromatic heterocycles. The van der Waals surface area contributed by atoms with Gasteiger partial charge < -0.3 is 19.9 Å². The molecule has 1 aliphatic carbocycles. The van der Waals surface area contributed by atoms with Crippen LogP contribution in [0, 0.1) is 12.3 Å². The third-order valence-corrected chi connectivity index (χ3v) is 5.30. The standard InChI is InChI=1S/C21H34N4O2/c1-17-8-10-18(11-9-17)27-15-14-25(5)20(22-2)23-16-21(12-6-7-13-21)19(26)24(3)4/h8-11H,6-7,12-16H2,1-5H3,(H,22,23). The molecule has 1 saturated carbocycles. The maximum Gasteiger partial charge on any atom is 0.230 e. The maximum absolute atomic E-state index is 12.7. The van der Waals surface area contributed by atoms with Gasteiger partial charge in [0.2, 0.25) is 5.91 Å². The van der Waals surface area contributed by atoms with E-state index in [1.54, 1.807) is 11.9 Å². The van der Waals surface area contributed by atoms with Crippen LogP contribution in [0.15, 0.2) is 29.3 Å². The fourth-order valence-corrected chi connectivity index (χ4v) is 3.67. The first-order valence-electron chi connectivity index (χ1n) is 9.71. The second kappa shape index (κ2) is 9.62. The van der Waals surface area contributed by atoms with Crippen molar-refractivity contribution in [3.8, 4) is 5.75 Å². The molecule has 1 aliphatic rings. The number of carbonyl (C=O) groups is 1. The minimum absolute atomic E-state index is 0.216. The Hall–Kier alpha value is -2.24. The van der Waals surface area contributed by atoms with Gasteiger partial charge in [0.25, 0.3) is 0 Å². The molecule has 0 unspecified atom stereocenters. The molecule has 0 radical (unpaired) electrons. The average molecular weight is 375 g/mol. The first kappa shape index (κ1) is 21.1. The van der Waals surface area contributed by atoms with Gasteiger partial charge >= 0.3 is 0 Å². The monoisotopic (exact) mass is 374 g/mol. The molecule has 0 spiro atoms. The molecular formula is C21H34N4O2. The van der Waals surface area contributed by atoms with Crippen molar-refractivity contribution in [3.05, 3.63) is 29.8 Å². The van der Waals surface area contributed by atoms with Crippen LogP contribution in [0.4, 0.5) is 0 Å². The molecule has 1 fully saturated rings. The summed E-state index contributed by atoms with van der Waals surface area (Å²) in [7, 11) is 7.44. The third-order valence-electron chi connectivity index (χ3n) is 5.30. The normalized spacial score (nSPS) is 16.1. The topological polar surface area (TPSA) is 57.2 Å². The van der Waals surface area contributed by atoms with Crippen molar-refractivity contribution in [1.29, 1.82) is 0 Å². The van der Waals surface area contributed by atoms with Crippen molar-refractivity contribution < 1.29 is 9.53 Å². The van der Waals surface area contributed by atoms with E-state index >= 15 is 0 Å². The Morgan fingerprint density at radius 2 is 1.81 bits per heavy atom. The van der Waals surface area contributed by atoms with Crippen LogP contribution >= 0.6 is 0 Å². The first-order valence-corrected chi connectivity index (χ1v) is 9.71. The Morgan fingerprint density at radius 3 is 2.37 bits per heavy atom. The number of aryl methyl sites for hydroxylation is 1. The highest BCUT2D eigenvalue weighted by atomic mass is 16.5. The largest absolute Gasteiger partial charge is 0.492 e. The van der Waals surface area contributed by atoms with Crippen molar-refractivity contribution in [3.63, 3.8) is 0 Å². The Morgan fingerprint density at radius 1 is 1.19 bits per heavy atom. The van der Waals surface area contributed by atoms with E-state index in [-0.39, 0.29) is 11.3 Å². The van der Waals surface area contributed by atoms with Crippen LogP contribution in [0.5, 0.6) is 5.75 Å². The highest BCUT2D eigenvalue weighted by Gasteiger charge is 2.42. The van der Waals surface area contributed by atoms with E-state index in [0.29, 0.717) is 19.7 Å². The summed E-state index contributed by atoms with van der Waals surface area (Å²) in [6.07, 6.45) is 4.10. The van der Waals surface area contributed by atoms with E-state index < -0.39 is 0 Å². The molecule has 0 atom stereocenters. The molecule has 0 saturated heterocycles. The summed E-state index contributed by atoms with van der Waals surface area (Å²) in [6, 6.07) is 8.06. The zero-order valence-electron chi connectivity index (χ0n) is 17.4. The summed E-state index contributed by atoms with van der Waals surface area (Å²) in [5.74, 6) is 1.88. The van der Waals surface area contributed by atoms with Crippen LogP contribution in [0.1, 0.15) is 31.2 Å². The van der Waals surface area contributed by atoms with E-state index in [0.717, 1.165) is 37.4 Å². The Kier molecular flexibility index (Phi) is 7.51. The van der Waals surface area contributed by atoms with Gasteiger partial charge in [-0.2, -0.15) is 0 Å². The molecule has 6 nitrogen and oxygen atoms in total. The average Bonchev–Trinajstić information content (AvgIpc) is 3.13. The van der Waals surface area contributed by atoms with Gasteiger partial charge in [0.1, 0.15) is 12.4 Å². The molecule has 27 heavy (non-hydrogen) atoms. The highest BCUT2D eigenvalue weighted by molar-refractivity contribution is 5.85. The van der Waals surface area contributed by atoms with Crippen LogP contribution in [-0.4, -0.2) is 69.6 Å². The van der Waals surface area contributed by atoms with Gasteiger partial charge in [-0.05, 0) is 31.9 Å². The molecular weight excluding hydrogens is 340 g/mol. The minimum atomic E-state index is -0.307. The lowest BCUT2D eigenvalue weighted by Crippen LogP contribution is -2.50. The fraction of sp³-hybridized carbons (Fsp3) is 0.619. The molecule has 150 valence electrons. The molecule has 1 amide bonds. The Labute approximate surface area is 163 Å². The Bertz CT molecular complexity index is 634. The van der Waals surface area contributed by atoms with E-state index in [1.807, 2.05) is 50.3 Å². The van der Waals surface area contributed by atoms with Gasteiger partial charge in [-0.3, -0.25) is 9.79 Å². The van der Waals surface area contributed by atoms with Gasteiger partial charge in [0, 0.05) is 34.7 Å². The summed E-state index contributed by atoms with van der Waals surface area (Å²) in [6.45, 7) is 3.97. The van der Waals surface area contributed by atoms with Crippen LogP contribution in [-0.2, 0) is 4.79 Å². The molecule has 0 aliphatic heterocycles. The number of guanidine groups is 1. The summed E-state index contributed by atoms with van der Waals surface area (Å²) < 4.78 is 5.81. The van der Waals surface area contributed by atoms with Crippen LogP contribution < -0.4 is 10.1 Å². The molecule has 1 N–H and O–H groups in total. The number of rotatable bonds is 7. The zero-order valence-corrected chi connectivity index (χ0v) is 17.4. The number of hydrogen-bond acceptors (Lipinski definition) is 3. The quantitative estimate of drug-likeness (QED) is 0.589. The van der Waals surface area contributed by atoms with Gasteiger partial charge in [-0.25, -0.2) is 0 Å². The van der Waals surface area contributed by atoms with Crippen LogP contribution in [0.3, 0.4) is 0 Å². The fourth-order valence-electron chi connectivity index (χ4n) is 3.67. The van der Waals surface area contributed by atoms with Crippen molar-refractivity contribution in [2.24, 2.45) is 10.4 Å². The zero-order chi connectivity index (χ0) is 19.9. The van der Waals surface area contributed by atoms with Crippen molar-refractivity contribution in [2.45, 2.75) is 32.6 Å². The molecule has 0 bridgehead atoms. The molecule has 6 heteroatoms. The number of benzene rings is 1. The first-order chi connectivity index (χ1) is 12.9. The van der Waals surface area contributed by atoms with Crippen molar-refractivity contribution in [1.82, 2.24) is 15.1 Å². The summed E-state index contributed by atoms with van der Waals surface area (Å²) >= 11 is 0. The predicted molar refractivity (Wildman–Crippen MR) is 110 cm³/mol. The number of hydrogen-bond donors (Lipinski definition) is 1. The number of amides is 1. The lowest BCUT2D eigenvalue weighted by Gasteiger charge is -2.32. The van der Waals surface area contributed by atoms with Crippen molar-refractivity contribution >= 4 is 11.9 Å². The molecule has 1 aromatic rings. The van der Waals surface area contributed by atoms with E-state index in [9.17, 15) is 4.79 Å². The second-order valence-electron chi connectivity index (χ2n) is 7.67. The maximum atomic E-state index is 12.7. The molecule has 1 aromatic carbocycles. The van der Waals surface area contributed by atoms with Crippen LogP contribution in [0.2, 0.25) is 0 Å². The molecule has 2 rings (SSSR count). The highest BCUT2D eigenvalue weighted by Crippen LogP contribution is 2.38. The number of ether oxygens (including phenoxy) is 1. The summed E-state index contributed by atoms with van der Waals surface area (Å²) in [5.41, 5.74) is 0.913. The number of likely N-dealkylation sites (N-methyl/N-ethyl adjacent to an activating group) is 1. The number of nitrogens with zero attached hydrogens (tertiary/aromatic N) is 3. The number of aliphatic imine (C=N–C) groups is 1. The van der Waals surface area contributed by atoms with Gasteiger partial charge in [-0.15, -0.1) is 0 Å². The van der Waals surface area contributed by atoms with E-state index in [2.05, 4.69) is 17.2 Å². The summed E-state index contributed by atoms with van der Waals surface area (Å²) in [5, 5.41) is 3.42. The SMILES string of the molecule is CN=C(NCC1(C(=O)N(C)C)CCCC1)N(C)CCOc1ccc(C)cc1. The van der Waals surface area contributed by atoms with Crippen molar-refractivity contribution in [2.75, 3.05) is 47.9 Å². The van der Waals surface area contributed by atoms with E-state index in [1.165, 1.54) is 5.56 Å². The van der Waals surface area contributed by atoms with Gasteiger partial charge in [0.05, 0.1) is 12.0 Å². The Balaban J connectivity index is 1.86. The molecule has 0 heterocycles. The predicted octanol–water partition coefficient (Wildman–Crippen LogP) is 2.53. The summed E-state index contributed by atoms with van der Waals surface area (Å²) in [4.78, 5) is 20.8. The van der Waals surface area contributed by atoms with E-state index in [4.69, 9.17) is 4.74 Å². The van der Waals surface area contributed by atoms with Gasteiger partial charge in [0.15, 0.2) is 5.96 Å². The number of carbonyl (C=O) groups excluding carboxylic acids is 1. The third kappa shape index (κ3) is 5.62. The smallest absolute Gasteiger partial charge is 0.230 e. The lowest BCUT2D eigenvalue weighted by atomic mass is 9.84. The number of nitrogens with one attached hydrogen (secondary N) is 1. The minimum Gasteiger partial charge on any atom is -0.492 e. The lowest BCUT2D eigenvalue weighted by molar-refractivity contribution is -0.138. The van der Waals surface area contributed by atoms with Gasteiger partial charge in [-0.1, -0.05) is 30.5 Å².